The highest BCUT2D eigenvalue weighted by atomic mass is 32.1. The number of nitrogens with one attached hydrogen (secondary N) is 1. The summed E-state index contributed by atoms with van der Waals surface area (Å²) in [6, 6.07) is 7.46. The van der Waals surface area contributed by atoms with Gasteiger partial charge in [-0.15, -0.1) is 11.3 Å². The molecule has 3 heterocycles. The number of hydrogen-bond acceptors (Lipinski definition) is 5. The van der Waals surface area contributed by atoms with E-state index in [0.717, 1.165) is 36.6 Å². The molecule has 1 fully saturated rings. The molecule has 138 valence electrons. The van der Waals surface area contributed by atoms with E-state index in [1.807, 2.05) is 34.5 Å². The van der Waals surface area contributed by atoms with Gasteiger partial charge in [0.25, 0.3) is 11.8 Å². The highest BCUT2D eigenvalue weighted by Crippen LogP contribution is 2.17. The zero-order valence-electron chi connectivity index (χ0n) is 15.0. The van der Waals surface area contributed by atoms with Crippen LogP contribution < -0.4 is 10.2 Å². The Morgan fingerprint density at radius 1 is 1.19 bits per heavy atom. The Morgan fingerprint density at radius 3 is 2.62 bits per heavy atom. The molecule has 1 saturated heterocycles. The second kappa shape index (κ2) is 8.80. The molecular formula is C19H24N4O2S. The minimum atomic E-state index is -0.0798. The van der Waals surface area contributed by atoms with Crippen LogP contribution in [0.5, 0.6) is 0 Å². The molecule has 0 bridgehead atoms. The van der Waals surface area contributed by atoms with Crippen LogP contribution in [0.25, 0.3) is 0 Å². The number of hydrogen-bond donors (Lipinski definition) is 1. The van der Waals surface area contributed by atoms with Crippen LogP contribution in [0, 0.1) is 0 Å². The summed E-state index contributed by atoms with van der Waals surface area (Å²) >= 11 is 1.48. The molecule has 6 nitrogen and oxygen atoms in total. The number of aromatic nitrogens is 1. The van der Waals surface area contributed by atoms with E-state index < -0.39 is 0 Å². The van der Waals surface area contributed by atoms with Crippen molar-refractivity contribution in [2.24, 2.45) is 0 Å². The summed E-state index contributed by atoms with van der Waals surface area (Å²) in [5, 5.41) is 4.82. The van der Waals surface area contributed by atoms with E-state index in [1.54, 1.807) is 6.20 Å². The Kier molecular flexibility index (Phi) is 6.22. The number of rotatable bonds is 6. The maximum atomic E-state index is 12.4. The van der Waals surface area contributed by atoms with Gasteiger partial charge in [0.2, 0.25) is 0 Å². The van der Waals surface area contributed by atoms with Crippen molar-refractivity contribution in [3.05, 3.63) is 46.3 Å². The predicted octanol–water partition coefficient (Wildman–Crippen LogP) is 2.64. The third-order valence-corrected chi connectivity index (χ3v) is 5.31. The Balaban J connectivity index is 1.53. The first-order chi connectivity index (χ1) is 12.7. The van der Waals surface area contributed by atoms with Gasteiger partial charge in [-0.1, -0.05) is 19.4 Å². The van der Waals surface area contributed by atoms with Gasteiger partial charge in [-0.05, 0) is 30.0 Å². The van der Waals surface area contributed by atoms with Crippen molar-refractivity contribution >= 4 is 29.0 Å². The second-order valence-electron chi connectivity index (χ2n) is 6.27. The Morgan fingerprint density at radius 2 is 2.00 bits per heavy atom. The molecule has 1 aliphatic rings. The molecule has 3 rings (SSSR count). The quantitative estimate of drug-likeness (QED) is 0.792. The summed E-state index contributed by atoms with van der Waals surface area (Å²) < 4.78 is 0. The molecule has 0 saturated carbocycles. The van der Waals surface area contributed by atoms with Crippen LogP contribution in [0.2, 0.25) is 0 Å². The SMILES string of the molecule is CCCCNC(=O)c1ccc(N2CCN(C(=O)c3cccs3)CC2)nc1. The van der Waals surface area contributed by atoms with E-state index in [0.29, 0.717) is 25.2 Å². The standard InChI is InChI=1S/C19H24N4O2S/c1-2-3-8-20-18(24)15-6-7-17(21-14-15)22-9-11-23(12-10-22)19(25)16-5-4-13-26-16/h4-7,13-14H,2-3,8-12H2,1H3,(H,20,24). The molecule has 7 heteroatoms. The summed E-state index contributed by atoms with van der Waals surface area (Å²) in [6.07, 6.45) is 3.66. The zero-order chi connectivity index (χ0) is 18.4. The molecule has 0 atom stereocenters. The van der Waals surface area contributed by atoms with Crippen molar-refractivity contribution in [1.82, 2.24) is 15.2 Å². The predicted molar refractivity (Wildman–Crippen MR) is 104 cm³/mol. The number of amides is 2. The van der Waals surface area contributed by atoms with Gasteiger partial charge in [-0.25, -0.2) is 4.98 Å². The summed E-state index contributed by atoms with van der Waals surface area (Å²) in [7, 11) is 0. The van der Waals surface area contributed by atoms with Crippen molar-refractivity contribution in [2.75, 3.05) is 37.6 Å². The maximum absolute atomic E-state index is 12.4. The van der Waals surface area contributed by atoms with Crippen LogP contribution in [0.4, 0.5) is 5.82 Å². The Hall–Kier alpha value is -2.41. The molecule has 0 aliphatic carbocycles. The van der Waals surface area contributed by atoms with Crippen LogP contribution in [-0.2, 0) is 0 Å². The Labute approximate surface area is 157 Å². The molecule has 1 aliphatic heterocycles. The fourth-order valence-electron chi connectivity index (χ4n) is 2.88. The van der Waals surface area contributed by atoms with Crippen LogP contribution in [-0.4, -0.2) is 54.4 Å². The van der Waals surface area contributed by atoms with Crippen molar-refractivity contribution in [3.63, 3.8) is 0 Å². The number of thiophene rings is 1. The van der Waals surface area contributed by atoms with Gasteiger partial charge in [-0.3, -0.25) is 9.59 Å². The largest absolute Gasteiger partial charge is 0.353 e. The monoisotopic (exact) mass is 372 g/mol. The van der Waals surface area contributed by atoms with Gasteiger partial charge in [0, 0.05) is 38.9 Å². The smallest absolute Gasteiger partial charge is 0.264 e. The van der Waals surface area contributed by atoms with Gasteiger partial charge < -0.3 is 15.1 Å². The summed E-state index contributed by atoms with van der Waals surface area (Å²) in [6.45, 7) is 5.63. The minimum Gasteiger partial charge on any atom is -0.353 e. The number of piperazine rings is 1. The number of nitrogens with zero attached hydrogens (tertiary/aromatic N) is 3. The van der Waals surface area contributed by atoms with Gasteiger partial charge >= 0.3 is 0 Å². The van der Waals surface area contributed by atoms with Crippen LogP contribution in [0.1, 0.15) is 39.8 Å². The highest BCUT2D eigenvalue weighted by molar-refractivity contribution is 7.12. The summed E-state index contributed by atoms with van der Waals surface area (Å²) in [4.78, 5) is 33.7. The summed E-state index contributed by atoms with van der Waals surface area (Å²) in [5.74, 6) is 0.869. The first-order valence-corrected chi connectivity index (χ1v) is 9.89. The molecule has 0 spiro atoms. The van der Waals surface area contributed by atoms with Crippen LogP contribution >= 0.6 is 11.3 Å². The zero-order valence-corrected chi connectivity index (χ0v) is 15.8. The number of carbonyl (C=O) groups excluding carboxylic acids is 2. The second-order valence-corrected chi connectivity index (χ2v) is 7.22. The van der Waals surface area contributed by atoms with Gasteiger partial charge in [0.15, 0.2) is 0 Å². The minimum absolute atomic E-state index is 0.0798. The first kappa shape index (κ1) is 18.4. The lowest BCUT2D eigenvalue weighted by Crippen LogP contribution is -2.48. The van der Waals surface area contributed by atoms with E-state index in [-0.39, 0.29) is 11.8 Å². The van der Waals surface area contributed by atoms with Crippen molar-refractivity contribution in [1.29, 1.82) is 0 Å². The van der Waals surface area contributed by atoms with E-state index in [2.05, 4.69) is 22.1 Å². The van der Waals surface area contributed by atoms with Crippen LogP contribution in [0.15, 0.2) is 35.8 Å². The van der Waals surface area contributed by atoms with E-state index in [1.165, 1.54) is 11.3 Å². The molecule has 0 aromatic carbocycles. The lowest BCUT2D eigenvalue weighted by Gasteiger charge is -2.35. The number of anilines is 1. The molecule has 2 aromatic heterocycles. The summed E-state index contributed by atoms with van der Waals surface area (Å²) in [5.41, 5.74) is 0.580. The molecule has 2 amide bonds. The molecule has 0 radical (unpaired) electrons. The highest BCUT2D eigenvalue weighted by Gasteiger charge is 2.23. The fourth-order valence-corrected chi connectivity index (χ4v) is 3.57. The average Bonchev–Trinajstić information content (AvgIpc) is 3.23. The van der Waals surface area contributed by atoms with E-state index in [9.17, 15) is 9.59 Å². The number of unbranched alkanes of at least 4 members (excludes halogenated alkanes) is 1. The van der Waals surface area contributed by atoms with Crippen LogP contribution in [0.3, 0.4) is 0 Å². The Bertz CT molecular complexity index is 723. The topological polar surface area (TPSA) is 65.5 Å². The average molecular weight is 372 g/mol. The molecular weight excluding hydrogens is 348 g/mol. The third kappa shape index (κ3) is 4.40. The molecule has 1 N–H and O–H groups in total. The lowest BCUT2D eigenvalue weighted by molar-refractivity contribution is 0.0751. The third-order valence-electron chi connectivity index (χ3n) is 4.45. The number of pyridine rings is 1. The normalized spacial score (nSPS) is 14.3. The van der Waals surface area contributed by atoms with Crippen molar-refractivity contribution in [3.8, 4) is 0 Å². The van der Waals surface area contributed by atoms with Gasteiger partial charge in [-0.2, -0.15) is 0 Å². The van der Waals surface area contributed by atoms with Crippen molar-refractivity contribution in [2.45, 2.75) is 19.8 Å². The molecule has 26 heavy (non-hydrogen) atoms. The maximum Gasteiger partial charge on any atom is 0.264 e. The fraction of sp³-hybridized carbons (Fsp3) is 0.421. The van der Waals surface area contributed by atoms with E-state index in [4.69, 9.17) is 0 Å². The molecule has 0 unspecified atom stereocenters. The van der Waals surface area contributed by atoms with Gasteiger partial charge in [0.1, 0.15) is 5.82 Å². The first-order valence-electron chi connectivity index (χ1n) is 9.01. The van der Waals surface area contributed by atoms with Crippen molar-refractivity contribution < 1.29 is 9.59 Å². The van der Waals surface area contributed by atoms with Gasteiger partial charge in [0.05, 0.1) is 10.4 Å². The lowest BCUT2D eigenvalue weighted by atomic mass is 10.2. The van der Waals surface area contributed by atoms with E-state index >= 15 is 0 Å². The number of carbonyl (C=O) groups is 2. The molecule has 2 aromatic rings.